The molecule has 6 nitrogen and oxygen atoms in total. The molecular weight excluding hydrogens is 291 g/mol. The zero-order valence-electron chi connectivity index (χ0n) is 10.2. The first-order valence-corrected chi connectivity index (χ1v) is 5.96. The topological polar surface area (TPSA) is 109 Å². The molecule has 0 aliphatic rings. The van der Waals surface area contributed by atoms with Crippen molar-refractivity contribution in [2.45, 2.75) is 18.9 Å². The number of hydrogen-bond donors (Lipinski definition) is 3. The van der Waals surface area contributed by atoms with Crippen LogP contribution in [0.4, 0.5) is 4.39 Å². The van der Waals surface area contributed by atoms with Crippen molar-refractivity contribution in [1.29, 1.82) is 0 Å². The van der Waals surface area contributed by atoms with Crippen LogP contribution in [0.5, 0.6) is 0 Å². The van der Waals surface area contributed by atoms with Gasteiger partial charge in [0.05, 0.1) is 5.56 Å². The zero-order chi connectivity index (χ0) is 15.3. The van der Waals surface area contributed by atoms with Crippen LogP contribution >= 0.6 is 11.6 Å². The molecule has 2 amide bonds. The molecule has 1 atom stereocenters. The summed E-state index contributed by atoms with van der Waals surface area (Å²) < 4.78 is 13.5. The fourth-order valence-corrected chi connectivity index (χ4v) is 1.61. The van der Waals surface area contributed by atoms with Gasteiger partial charge in [-0.2, -0.15) is 0 Å². The van der Waals surface area contributed by atoms with Gasteiger partial charge in [-0.1, -0.05) is 11.6 Å². The van der Waals surface area contributed by atoms with E-state index in [2.05, 4.69) is 5.32 Å². The number of hydrogen-bond acceptors (Lipinski definition) is 3. The normalized spacial score (nSPS) is 11.7. The van der Waals surface area contributed by atoms with E-state index < -0.39 is 29.6 Å². The van der Waals surface area contributed by atoms with Gasteiger partial charge in [-0.15, -0.1) is 0 Å². The predicted octanol–water partition coefficient (Wildman–Crippen LogP) is 0.928. The number of carbonyl (C=O) groups is 3. The van der Waals surface area contributed by atoms with Crippen LogP contribution in [0.25, 0.3) is 0 Å². The minimum absolute atomic E-state index is 0.113. The van der Waals surface area contributed by atoms with Crippen LogP contribution in [0, 0.1) is 5.82 Å². The minimum atomic E-state index is -1.34. The molecule has 1 aromatic carbocycles. The Balaban J connectivity index is 2.80. The van der Waals surface area contributed by atoms with Crippen LogP contribution in [0.1, 0.15) is 23.2 Å². The minimum Gasteiger partial charge on any atom is -0.480 e. The first-order valence-electron chi connectivity index (χ1n) is 5.58. The molecule has 108 valence electrons. The van der Waals surface area contributed by atoms with Crippen molar-refractivity contribution in [3.8, 4) is 0 Å². The largest absolute Gasteiger partial charge is 0.480 e. The number of amides is 2. The second-order valence-electron chi connectivity index (χ2n) is 3.99. The van der Waals surface area contributed by atoms with E-state index in [1.165, 1.54) is 6.07 Å². The molecule has 0 saturated heterocycles. The summed E-state index contributed by atoms with van der Waals surface area (Å²) in [6.07, 6.45) is -0.383. The molecule has 0 saturated carbocycles. The highest BCUT2D eigenvalue weighted by Crippen LogP contribution is 2.14. The highest BCUT2D eigenvalue weighted by atomic mass is 35.5. The van der Waals surface area contributed by atoms with Crippen molar-refractivity contribution in [2.24, 2.45) is 5.73 Å². The van der Waals surface area contributed by atoms with Crippen LogP contribution < -0.4 is 11.1 Å². The molecule has 8 heteroatoms. The maximum absolute atomic E-state index is 13.5. The first-order chi connectivity index (χ1) is 9.31. The van der Waals surface area contributed by atoms with Crippen LogP contribution in [-0.4, -0.2) is 28.9 Å². The van der Waals surface area contributed by atoms with E-state index in [1.807, 2.05) is 0 Å². The zero-order valence-corrected chi connectivity index (χ0v) is 11.0. The van der Waals surface area contributed by atoms with Gasteiger partial charge in [-0.3, -0.25) is 9.59 Å². The summed E-state index contributed by atoms with van der Waals surface area (Å²) in [7, 11) is 0. The number of halogens is 2. The smallest absolute Gasteiger partial charge is 0.326 e. The quantitative estimate of drug-likeness (QED) is 0.726. The van der Waals surface area contributed by atoms with Gasteiger partial charge in [0, 0.05) is 11.4 Å². The van der Waals surface area contributed by atoms with E-state index in [0.29, 0.717) is 0 Å². The van der Waals surface area contributed by atoms with Crippen LogP contribution in [0.2, 0.25) is 5.02 Å². The molecule has 20 heavy (non-hydrogen) atoms. The fraction of sp³-hybridized carbons (Fsp3) is 0.250. The van der Waals surface area contributed by atoms with Crippen LogP contribution in [0.3, 0.4) is 0 Å². The number of aliphatic carboxylic acids is 1. The van der Waals surface area contributed by atoms with Gasteiger partial charge in [0.15, 0.2) is 0 Å². The summed E-state index contributed by atoms with van der Waals surface area (Å²) in [5.41, 5.74) is 4.57. The van der Waals surface area contributed by atoms with Gasteiger partial charge in [0.2, 0.25) is 5.91 Å². The monoisotopic (exact) mass is 302 g/mol. The predicted molar refractivity (Wildman–Crippen MR) is 68.7 cm³/mol. The summed E-state index contributed by atoms with van der Waals surface area (Å²) in [6, 6.07) is 2.05. The Morgan fingerprint density at radius 3 is 2.55 bits per heavy atom. The van der Waals surface area contributed by atoms with E-state index in [4.69, 9.17) is 22.4 Å². The number of primary amides is 1. The molecule has 0 bridgehead atoms. The van der Waals surface area contributed by atoms with E-state index in [9.17, 15) is 18.8 Å². The molecule has 0 aliphatic carbocycles. The second kappa shape index (κ2) is 6.85. The Labute approximate surface area is 118 Å². The third-order valence-electron chi connectivity index (χ3n) is 2.46. The SMILES string of the molecule is NC(=O)CCC(NC(=O)c1ccc(Cl)cc1F)C(=O)O. The molecule has 0 fully saturated rings. The van der Waals surface area contributed by atoms with Crippen molar-refractivity contribution in [3.63, 3.8) is 0 Å². The van der Waals surface area contributed by atoms with E-state index in [0.717, 1.165) is 12.1 Å². The molecule has 1 aromatic rings. The highest BCUT2D eigenvalue weighted by molar-refractivity contribution is 6.30. The summed E-state index contributed by atoms with van der Waals surface area (Å²) in [6.45, 7) is 0. The number of carbonyl (C=O) groups excluding carboxylic acids is 2. The van der Waals surface area contributed by atoms with Gasteiger partial charge in [-0.05, 0) is 24.6 Å². The number of nitrogens with one attached hydrogen (secondary N) is 1. The van der Waals surface area contributed by atoms with E-state index >= 15 is 0 Å². The van der Waals surface area contributed by atoms with Crippen LogP contribution in [0.15, 0.2) is 18.2 Å². The third-order valence-corrected chi connectivity index (χ3v) is 2.69. The van der Waals surface area contributed by atoms with Crippen LogP contribution in [-0.2, 0) is 9.59 Å². The van der Waals surface area contributed by atoms with Gasteiger partial charge in [-0.25, -0.2) is 9.18 Å². The number of carboxylic acid groups (broad SMARTS) is 1. The Morgan fingerprint density at radius 1 is 1.40 bits per heavy atom. The number of benzene rings is 1. The summed E-state index contributed by atoms with van der Waals surface area (Å²) in [4.78, 5) is 33.3. The fourth-order valence-electron chi connectivity index (χ4n) is 1.45. The Bertz CT molecular complexity index is 550. The molecule has 0 aromatic heterocycles. The van der Waals surface area contributed by atoms with Gasteiger partial charge < -0.3 is 16.2 Å². The van der Waals surface area contributed by atoms with Gasteiger partial charge >= 0.3 is 5.97 Å². The Morgan fingerprint density at radius 2 is 2.05 bits per heavy atom. The molecule has 0 aliphatic heterocycles. The molecule has 0 heterocycles. The summed E-state index contributed by atoms with van der Waals surface area (Å²) in [5, 5.41) is 11.1. The molecule has 1 unspecified atom stereocenters. The maximum Gasteiger partial charge on any atom is 0.326 e. The lowest BCUT2D eigenvalue weighted by molar-refractivity contribution is -0.139. The summed E-state index contributed by atoms with van der Waals surface area (Å²) >= 11 is 5.55. The lowest BCUT2D eigenvalue weighted by Gasteiger charge is -2.14. The second-order valence-corrected chi connectivity index (χ2v) is 4.43. The van der Waals surface area contributed by atoms with Crippen molar-refractivity contribution in [2.75, 3.05) is 0 Å². The molecular formula is C12H12ClFN2O4. The van der Waals surface area contributed by atoms with E-state index in [-0.39, 0.29) is 23.4 Å². The van der Waals surface area contributed by atoms with Crippen molar-refractivity contribution < 1.29 is 23.9 Å². The van der Waals surface area contributed by atoms with Crippen molar-refractivity contribution in [3.05, 3.63) is 34.6 Å². The lowest BCUT2D eigenvalue weighted by atomic mass is 10.1. The molecule has 4 N–H and O–H groups in total. The first kappa shape index (κ1) is 15.9. The van der Waals surface area contributed by atoms with Gasteiger partial charge in [0.1, 0.15) is 11.9 Å². The average molecular weight is 303 g/mol. The molecule has 1 rings (SSSR count). The Hall–Kier alpha value is -2.15. The average Bonchev–Trinajstić information content (AvgIpc) is 2.33. The van der Waals surface area contributed by atoms with Crippen molar-refractivity contribution >= 4 is 29.4 Å². The number of rotatable bonds is 6. The summed E-state index contributed by atoms with van der Waals surface area (Å²) in [5.74, 6) is -3.80. The highest BCUT2D eigenvalue weighted by Gasteiger charge is 2.22. The Kier molecular flexibility index (Phi) is 5.45. The lowest BCUT2D eigenvalue weighted by Crippen LogP contribution is -2.41. The number of carboxylic acids is 1. The number of nitrogens with two attached hydrogens (primary N) is 1. The molecule has 0 spiro atoms. The standard InChI is InChI=1S/C12H12ClFN2O4/c13-6-1-2-7(8(14)5-6)11(18)16-9(12(19)20)3-4-10(15)17/h1-2,5,9H,3-4H2,(H2,15,17)(H,16,18)(H,19,20). The third kappa shape index (κ3) is 4.51. The van der Waals surface area contributed by atoms with Gasteiger partial charge in [0.25, 0.3) is 5.91 Å². The maximum atomic E-state index is 13.5. The van der Waals surface area contributed by atoms with E-state index in [1.54, 1.807) is 0 Å². The van der Waals surface area contributed by atoms with Crippen molar-refractivity contribution in [1.82, 2.24) is 5.32 Å². The molecule has 0 radical (unpaired) electrons.